The number of rotatable bonds is 4. The van der Waals surface area contributed by atoms with Crippen molar-refractivity contribution >= 4 is 21.6 Å². The van der Waals surface area contributed by atoms with E-state index in [1.807, 2.05) is 0 Å². The van der Waals surface area contributed by atoms with Crippen LogP contribution in [0, 0.1) is 0 Å². The zero-order valence-corrected chi connectivity index (χ0v) is 5.85. The van der Waals surface area contributed by atoms with Crippen molar-refractivity contribution in [1.82, 2.24) is 0 Å². The normalized spacial score (nSPS) is 8.75. The Bertz CT molecular complexity index is 44.9. The molecule has 0 amide bonds. The van der Waals surface area contributed by atoms with E-state index in [9.17, 15) is 0 Å². The van der Waals surface area contributed by atoms with Gasteiger partial charge in [-0.2, -0.15) is 0 Å². The molecule has 0 aliphatic carbocycles. The molecule has 0 bridgehead atoms. The number of hydrogen-bond donors (Lipinski definition) is 0. The quantitative estimate of drug-likeness (QED) is 0.373. The molecule has 0 heterocycles. The third kappa shape index (κ3) is 6.19. The van der Waals surface area contributed by atoms with Gasteiger partial charge in [-0.25, -0.2) is 0 Å². The fraction of sp³-hybridized carbons (Fsp3) is 1.00. The molecule has 0 aromatic rings. The Hall–Kier alpha value is 0.195. The Kier molecular flexibility index (Phi) is 5.46. The summed E-state index contributed by atoms with van der Waals surface area (Å²) in [5, 5.41) is 0. The number of hydrogen-bond acceptors (Lipinski definition) is 0. The summed E-state index contributed by atoms with van der Waals surface area (Å²) in [7, 11) is 7.70. The summed E-state index contributed by atoms with van der Waals surface area (Å²) in [6, 6.07) is 0. The molecule has 0 aromatic carbocycles. The van der Waals surface area contributed by atoms with Crippen LogP contribution in [-0.2, 0) is 0 Å². The molecule has 0 aromatic heterocycles. The standard InChI is InChI=1S/C5H12B3/c1-7-4-3-5-8(2)6/h3-5H2,1-2H3. The first kappa shape index (κ1) is 8.19. The molecule has 0 N–H and O–H groups in total. The average Bonchev–Trinajstić information content (AvgIpc) is 1.66. The first-order valence-electron chi connectivity index (χ1n) is 3.30. The van der Waals surface area contributed by atoms with E-state index >= 15 is 0 Å². The Morgan fingerprint density at radius 3 is 2.62 bits per heavy atom. The van der Waals surface area contributed by atoms with Gasteiger partial charge in [-0.05, 0) is 0 Å². The lowest BCUT2D eigenvalue weighted by atomic mass is 9.32. The lowest BCUT2D eigenvalue weighted by molar-refractivity contribution is 1.06. The first-order valence-corrected chi connectivity index (χ1v) is 3.30. The van der Waals surface area contributed by atoms with Crippen molar-refractivity contribution in [2.45, 2.75) is 32.7 Å². The van der Waals surface area contributed by atoms with Gasteiger partial charge in [-0.3, -0.25) is 0 Å². The molecule has 0 rings (SSSR count). The van der Waals surface area contributed by atoms with Crippen LogP contribution in [0.25, 0.3) is 0 Å². The van der Waals surface area contributed by atoms with Gasteiger partial charge in [0, 0.05) is 7.74 Å². The molecule has 0 saturated heterocycles. The predicted molar refractivity (Wildman–Crippen MR) is 43.2 cm³/mol. The maximum absolute atomic E-state index is 5.52. The van der Waals surface area contributed by atoms with Crippen LogP contribution in [0.1, 0.15) is 6.42 Å². The van der Waals surface area contributed by atoms with E-state index < -0.39 is 0 Å². The van der Waals surface area contributed by atoms with Crippen LogP contribution in [0.15, 0.2) is 0 Å². The highest BCUT2D eigenvalue weighted by atomic mass is 13.7. The maximum Gasteiger partial charge on any atom is 0.105 e. The van der Waals surface area contributed by atoms with Crippen LogP contribution >= 0.6 is 0 Å². The molecule has 0 unspecified atom stereocenters. The van der Waals surface area contributed by atoms with E-state index in [2.05, 4.69) is 20.9 Å². The van der Waals surface area contributed by atoms with Crippen LogP contribution in [0.3, 0.4) is 0 Å². The minimum Gasteiger partial charge on any atom is -0.0934 e. The summed E-state index contributed by atoms with van der Waals surface area (Å²) in [6.07, 6.45) is 3.61. The molecule has 0 aliphatic heterocycles. The van der Waals surface area contributed by atoms with Crippen molar-refractivity contribution < 1.29 is 0 Å². The van der Waals surface area contributed by atoms with E-state index in [0.29, 0.717) is 6.60 Å². The molecular weight excluding hydrogens is 92.5 g/mol. The molecule has 3 radical (unpaired) electrons. The molecule has 0 fully saturated rings. The fourth-order valence-corrected chi connectivity index (χ4v) is 0.644. The van der Waals surface area contributed by atoms with Crippen LogP contribution in [0.5, 0.6) is 0 Å². The predicted octanol–water partition coefficient (Wildman–Crippen LogP) is 1.34. The second-order valence-corrected chi connectivity index (χ2v) is 2.32. The summed E-state index contributed by atoms with van der Waals surface area (Å²) in [5.74, 6) is 0. The minimum absolute atomic E-state index is 0.384. The van der Waals surface area contributed by atoms with Gasteiger partial charge in [-0.15, -0.1) is 0 Å². The van der Waals surface area contributed by atoms with Gasteiger partial charge in [0.05, 0.1) is 6.60 Å². The van der Waals surface area contributed by atoms with E-state index in [0.717, 1.165) is 6.32 Å². The fourth-order valence-electron chi connectivity index (χ4n) is 0.644. The second-order valence-electron chi connectivity index (χ2n) is 2.32. The van der Waals surface area contributed by atoms with Crippen LogP contribution in [0.2, 0.25) is 26.3 Å². The maximum atomic E-state index is 5.52. The van der Waals surface area contributed by atoms with Crippen molar-refractivity contribution in [2.24, 2.45) is 0 Å². The zero-order valence-electron chi connectivity index (χ0n) is 5.85. The third-order valence-corrected chi connectivity index (χ3v) is 1.15. The Morgan fingerprint density at radius 1 is 1.62 bits per heavy atom. The van der Waals surface area contributed by atoms with Crippen molar-refractivity contribution in [2.75, 3.05) is 0 Å². The second kappa shape index (κ2) is 5.33. The molecule has 3 heteroatoms. The smallest absolute Gasteiger partial charge is 0.0934 e. The average molecular weight is 105 g/mol. The SMILES string of the molecule is [B]B(C)CCC[B]C. The summed E-state index contributed by atoms with van der Waals surface area (Å²) in [5.41, 5.74) is 0. The van der Waals surface area contributed by atoms with Gasteiger partial charge >= 0.3 is 0 Å². The largest absolute Gasteiger partial charge is 0.105 e. The van der Waals surface area contributed by atoms with Crippen molar-refractivity contribution in [3.8, 4) is 0 Å². The zero-order chi connectivity index (χ0) is 6.41. The summed E-state index contributed by atoms with van der Waals surface area (Å²) >= 11 is 0. The molecule has 0 atom stereocenters. The van der Waals surface area contributed by atoms with Gasteiger partial charge in [0.1, 0.15) is 7.28 Å². The van der Waals surface area contributed by atoms with Crippen molar-refractivity contribution in [1.29, 1.82) is 0 Å². The lowest BCUT2D eigenvalue weighted by Crippen LogP contribution is -2.05. The van der Waals surface area contributed by atoms with E-state index in [1.165, 1.54) is 12.7 Å². The minimum atomic E-state index is 0.384. The Labute approximate surface area is 55.1 Å². The monoisotopic (exact) mass is 105 g/mol. The Balaban J connectivity index is 2.72. The molecule has 0 saturated carbocycles. The van der Waals surface area contributed by atoms with Crippen LogP contribution in [0.4, 0.5) is 0 Å². The third-order valence-electron chi connectivity index (χ3n) is 1.15. The molecule has 8 heavy (non-hydrogen) atoms. The van der Waals surface area contributed by atoms with E-state index in [-0.39, 0.29) is 0 Å². The van der Waals surface area contributed by atoms with Crippen LogP contribution < -0.4 is 0 Å². The molecule has 41 valence electrons. The highest BCUT2D eigenvalue weighted by Gasteiger charge is 1.94. The van der Waals surface area contributed by atoms with E-state index in [1.54, 1.807) is 0 Å². The first-order chi connectivity index (χ1) is 3.77. The Morgan fingerprint density at radius 2 is 2.25 bits per heavy atom. The topological polar surface area (TPSA) is 0 Å². The summed E-state index contributed by atoms with van der Waals surface area (Å²) in [6.45, 7) is 4.52. The molecular formula is C5H12B3. The van der Waals surface area contributed by atoms with Gasteiger partial charge in [0.2, 0.25) is 0 Å². The van der Waals surface area contributed by atoms with Crippen LogP contribution in [-0.4, -0.2) is 21.6 Å². The summed E-state index contributed by atoms with van der Waals surface area (Å²) < 4.78 is 0. The van der Waals surface area contributed by atoms with Gasteiger partial charge < -0.3 is 0 Å². The summed E-state index contributed by atoms with van der Waals surface area (Å²) in [4.78, 5) is 0. The van der Waals surface area contributed by atoms with Crippen molar-refractivity contribution in [3.05, 3.63) is 0 Å². The molecule has 0 nitrogen and oxygen atoms in total. The highest BCUT2D eigenvalue weighted by Crippen LogP contribution is 1.97. The van der Waals surface area contributed by atoms with Crippen molar-refractivity contribution in [3.63, 3.8) is 0 Å². The molecule has 0 aliphatic rings. The van der Waals surface area contributed by atoms with Gasteiger partial charge in [0.15, 0.2) is 0 Å². The molecule has 0 spiro atoms. The van der Waals surface area contributed by atoms with E-state index in [4.69, 9.17) is 7.74 Å². The van der Waals surface area contributed by atoms with Gasteiger partial charge in [-0.1, -0.05) is 32.7 Å². The lowest BCUT2D eigenvalue weighted by Gasteiger charge is -1.97. The van der Waals surface area contributed by atoms with Gasteiger partial charge in [0.25, 0.3) is 0 Å². The highest BCUT2D eigenvalue weighted by molar-refractivity contribution is 7.02.